The van der Waals surface area contributed by atoms with Gasteiger partial charge in [0, 0.05) is 12.6 Å². The number of hydrogen-bond donors (Lipinski definition) is 1. The highest BCUT2D eigenvalue weighted by Crippen LogP contribution is 2.33. The number of anilines is 1. The number of nitrogens with zero attached hydrogens (tertiary/aromatic N) is 2. The zero-order valence-electron chi connectivity index (χ0n) is 20.0. The molecule has 2 amide bonds. The molecule has 0 unspecified atom stereocenters. The molecule has 0 saturated carbocycles. The Balaban J connectivity index is 2.45. The summed E-state index contributed by atoms with van der Waals surface area (Å²) in [6, 6.07) is 11.2. The van der Waals surface area contributed by atoms with Crippen molar-refractivity contribution >= 4 is 50.7 Å². The van der Waals surface area contributed by atoms with Crippen molar-refractivity contribution < 1.29 is 18.0 Å². The highest BCUT2D eigenvalue weighted by molar-refractivity contribution is 7.92. The standard InChI is InChI=1S/C24H31Cl2N3O4S/c1-6-17(3)27-24(31)18(4)28(14-19-11-8-7-10-16(19)2)22(30)15-29(34(5,32)33)21-13-9-12-20(25)23(21)26/h7-13,17-18H,6,14-15H2,1-5H3,(H,27,31)/t17-,18+/m0/s1. The molecule has 2 atom stereocenters. The average Bonchev–Trinajstić information content (AvgIpc) is 2.77. The minimum Gasteiger partial charge on any atom is -0.352 e. The monoisotopic (exact) mass is 527 g/mol. The van der Waals surface area contributed by atoms with E-state index in [0.717, 1.165) is 28.1 Å². The first-order chi connectivity index (χ1) is 15.9. The predicted octanol–water partition coefficient (Wildman–Crippen LogP) is 4.40. The van der Waals surface area contributed by atoms with Gasteiger partial charge < -0.3 is 10.2 Å². The van der Waals surface area contributed by atoms with Crippen LogP contribution in [0.25, 0.3) is 0 Å². The first-order valence-electron chi connectivity index (χ1n) is 10.9. The van der Waals surface area contributed by atoms with E-state index >= 15 is 0 Å². The highest BCUT2D eigenvalue weighted by Gasteiger charge is 2.31. The maximum absolute atomic E-state index is 13.6. The van der Waals surface area contributed by atoms with E-state index in [9.17, 15) is 18.0 Å². The van der Waals surface area contributed by atoms with Crippen molar-refractivity contribution in [3.05, 3.63) is 63.6 Å². The number of rotatable bonds is 10. The van der Waals surface area contributed by atoms with Gasteiger partial charge in [-0.25, -0.2) is 8.42 Å². The average molecular weight is 529 g/mol. The van der Waals surface area contributed by atoms with Crippen molar-refractivity contribution in [2.45, 2.75) is 52.7 Å². The zero-order chi connectivity index (χ0) is 25.6. The van der Waals surface area contributed by atoms with Gasteiger partial charge in [0.1, 0.15) is 12.6 Å². The summed E-state index contributed by atoms with van der Waals surface area (Å²) in [7, 11) is -3.89. The Hall–Kier alpha value is -2.29. The van der Waals surface area contributed by atoms with Gasteiger partial charge >= 0.3 is 0 Å². The molecule has 0 radical (unpaired) electrons. The SMILES string of the molecule is CC[C@H](C)NC(=O)[C@@H](C)N(Cc1ccccc1C)C(=O)CN(c1cccc(Cl)c1Cl)S(C)(=O)=O. The summed E-state index contributed by atoms with van der Waals surface area (Å²) in [5.41, 5.74) is 1.90. The van der Waals surface area contributed by atoms with Crippen LogP contribution in [0.15, 0.2) is 42.5 Å². The van der Waals surface area contributed by atoms with Crippen molar-refractivity contribution in [1.82, 2.24) is 10.2 Å². The van der Waals surface area contributed by atoms with Gasteiger partial charge in [0.05, 0.1) is 22.0 Å². The fourth-order valence-corrected chi connectivity index (χ4v) is 4.60. The van der Waals surface area contributed by atoms with E-state index in [1.165, 1.54) is 17.0 Å². The van der Waals surface area contributed by atoms with E-state index in [4.69, 9.17) is 23.2 Å². The second kappa shape index (κ2) is 11.9. The number of nitrogens with one attached hydrogen (secondary N) is 1. The fourth-order valence-electron chi connectivity index (χ4n) is 3.30. The van der Waals surface area contributed by atoms with Crippen molar-refractivity contribution in [2.24, 2.45) is 0 Å². The van der Waals surface area contributed by atoms with Gasteiger partial charge in [-0.05, 0) is 50.5 Å². The van der Waals surface area contributed by atoms with E-state index in [1.807, 2.05) is 45.0 Å². The molecule has 0 aromatic heterocycles. The van der Waals surface area contributed by atoms with Gasteiger partial charge in [-0.1, -0.05) is 60.5 Å². The fraction of sp³-hybridized carbons (Fsp3) is 0.417. The van der Waals surface area contributed by atoms with Crippen LogP contribution >= 0.6 is 23.2 Å². The second-order valence-electron chi connectivity index (χ2n) is 8.28. The quantitative estimate of drug-likeness (QED) is 0.495. The van der Waals surface area contributed by atoms with Gasteiger partial charge in [-0.2, -0.15) is 0 Å². The lowest BCUT2D eigenvalue weighted by atomic mass is 10.1. The highest BCUT2D eigenvalue weighted by atomic mass is 35.5. The molecule has 186 valence electrons. The summed E-state index contributed by atoms with van der Waals surface area (Å²) in [4.78, 5) is 27.8. The molecule has 2 aromatic rings. The number of amides is 2. The molecule has 1 N–H and O–H groups in total. The number of aryl methyl sites for hydroxylation is 1. The normalized spacial score (nSPS) is 13.1. The van der Waals surface area contributed by atoms with Crippen LogP contribution < -0.4 is 9.62 Å². The summed E-state index contributed by atoms with van der Waals surface area (Å²) < 4.78 is 26.2. The number of carbonyl (C=O) groups excluding carboxylic acids is 2. The third-order valence-corrected chi connectivity index (χ3v) is 7.58. The molecular weight excluding hydrogens is 497 g/mol. The largest absolute Gasteiger partial charge is 0.352 e. The third kappa shape index (κ3) is 7.10. The Labute approximate surface area is 212 Å². The molecule has 7 nitrogen and oxygen atoms in total. The van der Waals surface area contributed by atoms with Gasteiger partial charge in [0.25, 0.3) is 0 Å². The van der Waals surface area contributed by atoms with Crippen LogP contribution in [-0.4, -0.2) is 50.0 Å². The summed E-state index contributed by atoms with van der Waals surface area (Å²) in [5.74, 6) is -0.862. The lowest BCUT2D eigenvalue weighted by molar-refractivity contribution is -0.139. The van der Waals surface area contributed by atoms with Crippen LogP contribution in [-0.2, 0) is 26.2 Å². The molecule has 0 aliphatic heterocycles. The Kier molecular flexibility index (Phi) is 9.79. The summed E-state index contributed by atoms with van der Waals surface area (Å²) in [5, 5.41) is 3.08. The van der Waals surface area contributed by atoms with Crippen molar-refractivity contribution in [3.63, 3.8) is 0 Å². The second-order valence-corrected chi connectivity index (χ2v) is 11.0. The minimum atomic E-state index is -3.89. The van der Waals surface area contributed by atoms with Gasteiger partial charge in [-0.3, -0.25) is 13.9 Å². The first-order valence-corrected chi connectivity index (χ1v) is 13.5. The van der Waals surface area contributed by atoms with Crippen LogP contribution in [0.4, 0.5) is 5.69 Å². The Morgan fingerprint density at radius 3 is 2.29 bits per heavy atom. The van der Waals surface area contributed by atoms with E-state index in [1.54, 1.807) is 13.0 Å². The summed E-state index contributed by atoms with van der Waals surface area (Å²) >= 11 is 12.4. The zero-order valence-corrected chi connectivity index (χ0v) is 22.3. The Bertz CT molecular complexity index is 1140. The molecule has 2 aromatic carbocycles. The number of benzene rings is 2. The summed E-state index contributed by atoms with van der Waals surface area (Å²) in [6.07, 6.45) is 1.72. The smallest absolute Gasteiger partial charge is 0.244 e. The van der Waals surface area contributed by atoms with E-state index < -0.39 is 28.5 Å². The van der Waals surface area contributed by atoms with E-state index in [0.29, 0.717) is 0 Å². The van der Waals surface area contributed by atoms with Gasteiger partial charge in [-0.15, -0.1) is 0 Å². The van der Waals surface area contributed by atoms with Crippen molar-refractivity contribution in [2.75, 3.05) is 17.1 Å². The molecule has 0 spiro atoms. The van der Waals surface area contributed by atoms with Crippen molar-refractivity contribution in [3.8, 4) is 0 Å². The molecule has 0 heterocycles. The van der Waals surface area contributed by atoms with E-state index in [-0.39, 0.29) is 34.2 Å². The Morgan fingerprint density at radius 1 is 1.06 bits per heavy atom. The van der Waals surface area contributed by atoms with Gasteiger partial charge in [0.15, 0.2) is 0 Å². The van der Waals surface area contributed by atoms with Gasteiger partial charge in [0.2, 0.25) is 21.8 Å². The molecule has 0 aliphatic rings. The first kappa shape index (κ1) is 28.0. The summed E-state index contributed by atoms with van der Waals surface area (Å²) in [6.45, 7) is 6.98. The molecule has 10 heteroatoms. The maximum atomic E-state index is 13.6. The molecule has 0 aliphatic carbocycles. The van der Waals surface area contributed by atoms with Crippen LogP contribution in [0.3, 0.4) is 0 Å². The maximum Gasteiger partial charge on any atom is 0.244 e. The number of hydrogen-bond acceptors (Lipinski definition) is 4. The molecule has 2 rings (SSSR count). The predicted molar refractivity (Wildman–Crippen MR) is 138 cm³/mol. The molecule has 0 fully saturated rings. The number of halogens is 2. The number of sulfonamides is 1. The number of carbonyl (C=O) groups is 2. The lowest BCUT2D eigenvalue weighted by Gasteiger charge is -2.32. The van der Waals surface area contributed by atoms with Crippen LogP contribution in [0, 0.1) is 6.92 Å². The minimum absolute atomic E-state index is 0.0235. The molecule has 0 saturated heterocycles. The molecule has 34 heavy (non-hydrogen) atoms. The van der Waals surface area contributed by atoms with E-state index in [2.05, 4.69) is 5.32 Å². The Morgan fingerprint density at radius 2 is 1.71 bits per heavy atom. The lowest BCUT2D eigenvalue weighted by Crippen LogP contribution is -2.52. The molecular formula is C24H31Cl2N3O4S. The molecule has 0 bridgehead atoms. The third-order valence-electron chi connectivity index (χ3n) is 5.65. The van der Waals surface area contributed by atoms with Crippen molar-refractivity contribution in [1.29, 1.82) is 0 Å². The topological polar surface area (TPSA) is 86.8 Å². The van der Waals surface area contributed by atoms with Crippen LogP contribution in [0.1, 0.15) is 38.3 Å². The van der Waals surface area contributed by atoms with Crippen LogP contribution in [0.5, 0.6) is 0 Å². The van der Waals surface area contributed by atoms with Crippen LogP contribution in [0.2, 0.25) is 10.0 Å².